The molecule has 0 saturated carbocycles. The Morgan fingerprint density at radius 2 is 2.03 bits per heavy atom. The molecule has 0 aliphatic carbocycles. The first kappa shape index (κ1) is 20.5. The maximum absolute atomic E-state index is 13.1. The van der Waals surface area contributed by atoms with Crippen LogP contribution in [0.15, 0.2) is 36.5 Å². The number of hydrogen-bond acceptors (Lipinski definition) is 5. The lowest BCUT2D eigenvalue weighted by atomic mass is 9.97. The molecule has 8 heteroatoms. The first-order chi connectivity index (χ1) is 14.3. The summed E-state index contributed by atoms with van der Waals surface area (Å²) in [4.78, 5) is 13.5. The predicted octanol–water partition coefficient (Wildman–Crippen LogP) is 5.42. The summed E-state index contributed by atoms with van der Waals surface area (Å²) in [6.45, 7) is 5.00. The molecule has 0 amide bonds. The van der Waals surface area contributed by atoms with Crippen LogP contribution in [0.5, 0.6) is 0 Å². The van der Waals surface area contributed by atoms with E-state index in [1.54, 1.807) is 19.2 Å². The lowest BCUT2D eigenvalue weighted by Gasteiger charge is -2.22. The molecule has 4 rings (SSSR count). The van der Waals surface area contributed by atoms with Gasteiger partial charge in [0.25, 0.3) is 0 Å². The van der Waals surface area contributed by atoms with Crippen LogP contribution in [0.1, 0.15) is 54.4 Å². The van der Waals surface area contributed by atoms with Gasteiger partial charge < -0.3 is 10.1 Å². The number of benzene rings is 1. The number of anilines is 1. The Morgan fingerprint density at radius 1 is 1.20 bits per heavy atom. The molecule has 0 spiro atoms. The van der Waals surface area contributed by atoms with Gasteiger partial charge in [-0.05, 0) is 50.5 Å². The highest BCUT2D eigenvalue weighted by atomic mass is 19.4. The minimum atomic E-state index is -4.38. The van der Waals surface area contributed by atoms with Crippen LogP contribution in [0, 0.1) is 6.92 Å². The summed E-state index contributed by atoms with van der Waals surface area (Å²) in [5, 5.41) is 4.07. The first-order valence-electron chi connectivity index (χ1n) is 9.97. The van der Waals surface area contributed by atoms with Crippen molar-refractivity contribution >= 4 is 16.7 Å². The number of aryl methyl sites for hydroxylation is 1. The van der Waals surface area contributed by atoms with E-state index in [2.05, 4.69) is 20.3 Å². The van der Waals surface area contributed by atoms with Crippen LogP contribution in [0.3, 0.4) is 0 Å². The van der Waals surface area contributed by atoms with Gasteiger partial charge in [0.05, 0.1) is 23.9 Å². The molecule has 1 saturated heterocycles. The van der Waals surface area contributed by atoms with Crippen molar-refractivity contribution in [3.63, 3.8) is 0 Å². The van der Waals surface area contributed by atoms with Crippen LogP contribution < -0.4 is 5.32 Å². The highest BCUT2D eigenvalue weighted by Gasteiger charge is 2.30. The van der Waals surface area contributed by atoms with Gasteiger partial charge in [-0.1, -0.05) is 12.1 Å². The fourth-order valence-electron chi connectivity index (χ4n) is 3.74. The average Bonchev–Trinajstić information content (AvgIpc) is 2.73. The molecule has 158 valence electrons. The SMILES string of the molecule is Cc1nc(N[C@H](C)c2cccc(C(F)(F)F)c2)c2cc([C@H]3CCCOC3)ncc2n1. The van der Waals surface area contributed by atoms with E-state index in [1.165, 1.54) is 12.1 Å². The summed E-state index contributed by atoms with van der Waals surface area (Å²) in [6.07, 6.45) is -0.647. The van der Waals surface area contributed by atoms with Crippen molar-refractivity contribution in [1.29, 1.82) is 0 Å². The molecule has 0 bridgehead atoms. The number of alkyl halides is 3. The molecule has 1 fully saturated rings. The number of ether oxygens (including phenoxy) is 1. The molecule has 3 heterocycles. The van der Waals surface area contributed by atoms with Crippen molar-refractivity contribution in [2.45, 2.75) is 44.8 Å². The molecule has 1 aromatic carbocycles. The summed E-state index contributed by atoms with van der Waals surface area (Å²) in [5.41, 5.74) is 1.48. The Kier molecular flexibility index (Phi) is 5.60. The van der Waals surface area contributed by atoms with Gasteiger partial charge in [-0.25, -0.2) is 9.97 Å². The minimum Gasteiger partial charge on any atom is -0.381 e. The fraction of sp³-hybridized carbons (Fsp3) is 0.409. The summed E-state index contributed by atoms with van der Waals surface area (Å²) < 4.78 is 44.8. The Balaban J connectivity index is 1.67. The topological polar surface area (TPSA) is 59.9 Å². The summed E-state index contributed by atoms with van der Waals surface area (Å²) in [6, 6.07) is 6.93. The Hall–Kier alpha value is -2.74. The Morgan fingerprint density at radius 3 is 2.77 bits per heavy atom. The van der Waals surface area contributed by atoms with Gasteiger partial charge in [-0.2, -0.15) is 13.2 Å². The lowest BCUT2D eigenvalue weighted by Crippen LogP contribution is -2.17. The molecule has 0 radical (unpaired) electrons. The lowest BCUT2D eigenvalue weighted by molar-refractivity contribution is -0.137. The largest absolute Gasteiger partial charge is 0.416 e. The standard InChI is InChI=1S/C22H23F3N4O/c1-13(15-5-3-7-17(9-15)22(23,24)25)27-21-18-10-19(16-6-4-8-30-12-16)26-11-20(18)28-14(2)29-21/h3,5,7,9-11,13,16H,4,6,8,12H2,1-2H3,(H,27,28,29)/t13-,16+/m1/s1. The van der Waals surface area contributed by atoms with Crippen molar-refractivity contribution in [3.05, 3.63) is 59.2 Å². The van der Waals surface area contributed by atoms with Gasteiger partial charge in [0.1, 0.15) is 11.6 Å². The van der Waals surface area contributed by atoms with Gasteiger partial charge in [-0.15, -0.1) is 0 Å². The second kappa shape index (κ2) is 8.18. The van der Waals surface area contributed by atoms with Crippen LogP contribution >= 0.6 is 0 Å². The zero-order chi connectivity index (χ0) is 21.3. The maximum Gasteiger partial charge on any atom is 0.416 e. The normalized spacial score (nSPS) is 18.4. The molecule has 30 heavy (non-hydrogen) atoms. The number of fused-ring (bicyclic) bond motifs is 1. The number of nitrogens with one attached hydrogen (secondary N) is 1. The number of pyridine rings is 1. The first-order valence-corrected chi connectivity index (χ1v) is 9.97. The third-order valence-electron chi connectivity index (χ3n) is 5.36. The zero-order valence-corrected chi connectivity index (χ0v) is 16.8. The van der Waals surface area contributed by atoms with Gasteiger partial charge >= 0.3 is 6.18 Å². The molecule has 0 unspecified atom stereocenters. The van der Waals surface area contributed by atoms with Gasteiger partial charge in [0.2, 0.25) is 0 Å². The smallest absolute Gasteiger partial charge is 0.381 e. The molecule has 1 aliphatic heterocycles. The van der Waals surface area contributed by atoms with Gasteiger partial charge in [0.15, 0.2) is 0 Å². The number of nitrogens with zero attached hydrogens (tertiary/aromatic N) is 3. The van der Waals surface area contributed by atoms with Crippen LogP contribution in [-0.2, 0) is 10.9 Å². The Bertz CT molecular complexity index is 1050. The summed E-state index contributed by atoms with van der Waals surface area (Å²) in [5.74, 6) is 1.37. The van der Waals surface area contributed by atoms with E-state index in [1.807, 2.05) is 13.0 Å². The van der Waals surface area contributed by atoms with Crippen molar-refractivity contribution in [1.82, 2.24) is 15.0 Å². The second-order valence-corrected chi connectivity index (χ2v) is 7.65. The molecular formula is C22H23F3N4O. The van der Waals surface area contributed by atoms with Crippen LogP contribution in [0.2, 0.25) is 0 Å². The van der Waals surface area contributed by atoms with Crippen LogP contribution in [-0.4, -0.2) is 28.2 Å². The second-order valence-electron chi connectivity index (χ2n) is 7.65. The predicted molar refractivity (Wildman–Crippen MR) is 108 cm³/mol. The van der Waals surface area contributed by atoms with E-state index in [9.17, 15) is 13.2 Å². The van der Waals surface area contributed by atoms with Crippen molar-refractivity contribution in [2.75, 3.05) is 18.5 Å². The van der Waals surface area contributed by atoms with E-state index in [4.69, 9.17) is 4.74 Å². The number of rotatable bonds is 4. The van der Waals surface area contributed by atoms with Crippen molar-refractivity contribution in [3.8, 4) is 0 Å². The minimum absolute atomic E-state index is 0.221. The van der Waals surface area contributed by atoms with E-state index in [0.717, 1.165) is 36.6 Å². The highest BCUT2D eigenvalue weighted by molar-refractivity contribution is 5.89. The number of aromatic nitrogens is 3. The third-order valence-corrected chi connectivity index (χ3v) is 5.36. The van der Waals surface area contributed by atoms with Crippen LogP contribution in [0.25, 0.3) is 10.9 Å². The fourth-order valence-corrected chi connectivity index (χ4v) is 3.74. The van der Waals surface area contributed by atoms with E-state index in [-0.39, 0.29) is 12.0 Å². The maximum atomic E-state index is 13.1. The molecule has 1 aliphatic rings. The molecule has 2 atom stereocenters. The Labute approximate surface area is 172 Å². The highest BCUT2D eigenvalue weighted by Crippen LogP contribution is 2.33. The van der Waals surface area contributed by atoms with Crippen molar-refractivity contribution in [2.24, 2.45) is 0 Å². The number of halogens is 3. The third kappa shape index (κ3) is 4.38. The molecular weight excluding hydrogens is 393 g/mol. The quantitative estimate of drug-likeness (QED) is 0.615. The molecule has 1 N–H and O–H groups in total. The van der Waals surface area contributed by atoms with E-state index in [0.29, 0.717) is 29.3 Å². The average molecular weight is 416 g/mol. The monoisotopic (exact) mass is 416 g/mol. The van der Waals surface area contributed by atoms with Crippen LogP contribution in [0.4, 0.5) is 19.0 Å². The zero-order valence-electron chi connectivity index (χ0n) is 16.8. The van der Waals surface area contributed by atoms with Crippen molar-refractivity contribution < 1.29 is 17.9 Å². The molecule has 3 aromatic rings. The van der Waals surface area contributed by atoms with Gasteiger partial charge in [0, 0.05) is 29.6 Å². The summed E-state index contributed by atoms with van der Waals surface area (Å²) >= 11 is 0. The van der Waals surface area contributed by atoms with Gasteiger partial charge in [-0.3, -0.25) is 4.98 Å². The van der Waals surface area contributed by atoms with E-state index < -0.39 is 11.7 Å². The number of hydrogen-bond donors (Lipinski definition) is 1. The summed E-state index contributed by atoms with van der Waals surface area (Å²) in [7, 11) is 0. The van der Waals surface area contributed by atoms with E-state index >= 15 is 0 Å². The molecule has 5 nitrogen and oxygen atoms in total. The molecule has 2 aromatic heterocycles.